The first kappa shape index (κ1) is 9.44. The number of ether oxygens (including phenoxy) is 1. The largest absolute Gasteiger partial charge is 0.381 e. The summed E-state index contributed by atoms with van der Waals surface area (Å²) in [4.78, 5) is 2.57. The average Bonchev–Trinajstić information content (AvgIpc) is 2.57. The van der Waals surface area contributed by atoms with Gasteiger partial charge in [-0.15, -0.1) is 0 Å². The van der Waals surface area contributed by atoms with Gasteiger partial charge >= 0.3 is 0 Å². The van der Waals surface area contributed by atoms with E-state index >= 15 is 0 Å². The van der Waals surface area contributed by atoms with E-state index in [0.717, 1.165) is 25.7 Å². The van der Waals surface area contributed by atoms with Gasteiger partial charge in [-0.1, -0.05) is 0 Å². The van der Waals surface area contributed by atoms with Crippen molar-refractivity contribution in [2.24, 2.45) is 5.92 Å². The van der Waals surface area contributed by atoms with E-state index in [4.69, 9.17) is 4.74 Å². The van der Waals surface area contributed by atoms with Crippen LogP contribution in [0.3, 0.4) is 0 Å². The second-order valence-corrected chi connectivity index (χ2v) is 4.34. The molecule has 2 rings (SSSR count). The molecule has 2 heterocycles. The monoisotopic (exact) mass is 184 g/mol. The summed E-state index contributed by atoms with van der Waals surface area (Å²) in [6.45, 7) is 9.03. The summed E-state index contributed by atoms with van der Waals surface area (Å²) < 4.78 is 5.38. The molecule has 2 aliphatic rings. The lowest BCUT2D eigenvalue weighted by molar-refractivity contribution is 0.150. The van der Waals surface area contributed by atoms with Crippen LogP contribution in [-0.4, -0.2) is 50.3 Å². The van der Waals surface area contributed by atoms with Gasteiger partial charge in [0.05, 0.1) is 6.61 Å². The maximum atomic E-state index is 5.38. The van der Waals surface area contributed by atoms with Crippen molar-refractivity contribution in [3.8, 4) is 0 Å². The van der Waals surface area contributed by atoms with Crippen molar-refractivity contribution in [1.29, 1.82) is 0 Å². The quantitative estimate of drug-likeness (QED) is 0.669. The standard InChI is InChI=1S/C10H20N2O/c1-9-6-12(4-3-11-9)7-10-2-5-13-8-10/h9-11H,2-8H2,1H3/t9-,10?/m0/s1. The number of nitrogens with zero attached hydrogens (tertiary/aromatic N) is 1. The summed E-state index contributed by atoms with van der Waals surface area (Å²) in [6.07, 6.45) is 1.26. The molecule has 2 saturated heterocycles. The summed E-state index contributed by atoms with van der Waals surface area (Å²) in [7, 11) is 0. The lowest BCUT2D eigenvalue weighted by Gasteiger charge is -2.33. The Bertz CT molecular complexity index is 157. The van der Waals surface area contributed by atoms with Gasteiger partial charge < -0.3 is 15.0 Å². The van der Waals surface area contributed by atoms with Crippen molar-refractivity contribution in [3.63, 3.8) is 0 Å². The van der Waals surface area contributed by atoms with Crippen molar-refractivity contribution < 1.29 is 4.74 Å². The minimum atomic E-state index is 0.663. The zero-order valence-electron chi connectivity index (χ0n) is 8.46. The first-order chi connectivity index (χ1) is 6.34. The van der Waals surface area contributed by atoms with E-state index in [1.165, 1.54) is 26.1 Å². The van der Waals surface area contributed by atoms with Crippen LogP contribution in [0.5, 0.6) is 0 Å². The molecule has 0 radical (unpaired) electrons. The van der Waals surface area contributed by atoms with Crippen LogP contribution in [-0.2, 0) is 4.74 Å². The second kappa shape index (κ2) is 4.40. The molecule has 0 aromatic carbocycles. The fraction of sp³-hybridized carbons (Fsp3) is 1.00. The lowest BCUT2D eigenvalue weighted by Crippen LogP contribution is -2.50. The van der Waals surface area contributed by atoms with Gasteiger partial charge in [0.1, 0.15) is 0 Å². The maximum Gasteiger partial charge on any atom is 0.0507 e. The van der Waals surface area contributed by atoms with E-state index in [1.54, 1.807) is 0 Å². The molecule has 2 aliphatic heterocycles. The maximum absolute atomic E-state index is 5.38. The van der Waals surface area contributed by atoms with Crippen molar-refractivity contribution in [3.05, 3.63) is 0 Å². The topological polar surface area (TPSA) is 24.5 Å². The van der Waals surface area contributed by atoms with Crippen LogP contribution in [0, 0.1) is 5.92 Å². The molecule has 0 spiro atoms. The molecule has 13 heavy (non-hydrogen) atoms. The zero-order valence-corrected chi connectivity index (χ0v) is 8.46. The molecule has 0 aromatic rings. The van der Waals surface area contributed by atoms with Crippen molar-refractivity contribution >= 4 is 0 Å². The summed E-state index contributed by atoms with van der Waals surface area (Å²) in [5.74, 6) is 0.797. The number of hydrogen-bond donors (Lipinski definition) is 1. The number of nitrogens with one attached hydrogen (secondary N) is 1. The molecule has 0 aliphatic carbocycles. The first-order valence-electron chi connectivity index (χ1n) is 5.38. The highest BCUT2D eigenvalue weighted by atomic mass is 16.5. The van der Waals surface area contributed by atoms with Crippen LogP contribution in [0.2, 0.25) is 0 Å². The van der Waals surface area contributed by atoms with Crippen molar-refractivity contribution in [2.75, 3.05) is 39.4 Å². The van der Waals surface area contributed by atoms with Crippen LogP contribution >= 0.6 is 0 Å². The Morgan fingerprint density at radius 3 is 3.15 bits per heavy atom. The second-order valence-electron chi connectivity index (χ2n) is 4.34. The smallest absolute Gasteiger partial charge is 0.0507 e. The van der Waals surface area contributed by atoms with E-state index in [2.05, 4.69) is 17.1 Å². The normalized spacial score (nSPS) is 36.7. The molecular formula is C10H20N2O. The van der Waals surface area contributed by atoms with E-state index in [-0.39, 0.29) is 0 Å². The molecule has 0 bridgehead atoms. The van der Waals surface area contributed by atoms with Crippen molar-refractivity contribution in [2.45, 2.75) is 19.4 Å². The SMILES string of the molecule is C[C@H]1CN(CC2CCOC2)CCN1. The van der Waals surface area contributed by atoms with Gasteiger partial charge in [0.25, 0.3) is 0 Å². The molecule has 0 amide bonds. The van der Waals surface area contributed by atoms with Gasteiger partial charge in [-0.2, -0.15) is 0 Å². The van der Waals surface area contributed by atoms with Crippen molar-refractivity contribution in [1.82, 2.24) is 10.2 Å². The highest BCUT2D eigenvalue weighted by Gasteiger charge is 2.22. The molecule has 1 unspecified atom stereocenters. The van der Waals surface area contributed by atoms with Crippen LogP contribution in [0.1, 0.15) is 13.3 Å². The Kier molecular flexibility index (Phi) is 3.19. The number of rotatable bonds is 2. The van der Waals surface area contributed by atoms with E-state index in [0.29, 0.717) is 6.04 Å². The van der Waals surface area contributed by atoms with Gasteiger partial charge in [-0.25, -0.2) is 0 Å². The van der Waals surface area contributed by atoms with Gasteiger partial charge in [0, 0.05) is 38.8 Å². The summed E-state index contributed by atoms with van der Waals surface area (Å²) >= 11 is 0. The lowest BCUT2D eigenvalue weighted by atomic mass is 10.1. The molecule has 2 fully saturated rings. The minimum Gasteiger partial charge on any atom is -0.381 e. The third-order valence-corrected chi connectivity index (χ3v) is 2.99. The molecule has 0 saturated carbocycles. The third-order valence-electron chi connectivity index (χ3n) is 2.99. The summed E-state index contributed by atoms with van der Waals surface area (Å²) in [5, 5.41) is 3.46. The van der Waals surface area contributed by atoms with Gasteiger partial charge in [-0.05, 0) is 19.3 Å². The fourth-order valence-electron chi connectivity index (χ4n) is 2.27. The number of piperazine rings is 1. The fourth-order valence-corrected chi connectivity index (χ4v) is 2.27. The molecule has 2 atom stereocenters. The molecular weight excluding hydrogens is 164 g/mol. The molecule has 1 N–H and O–H groups in total. The molecule has 3 nitrogen and oxygen atoms in total. The van der Waals surface area contributed by atoms with Gasteiger partial charge in [0.15, 0.2) is 0 Å². The summed E-state index contributed by atoms with van der Waals surface area (Å²) in [6, 6.07) is 0.663. The average molecular weight is 184 g/mol. The predicted octanol–water partition coefficient (Wildman–Crippen LogP) is 0.317. The Morgan fingerprint density at radius 2 is 2.46 bits per heavy atom. The first-order valence-corrected chi connectivity index (χ1v) is 5.38. The molecule has 76 valence electrons. The van der Waals surface area contributed by atoms with Crippen LogP contribution < -0.4 is 5.32 Å². The van der Waals surface area contributed by atoms with Gasteiger partial charge in [-0.3, -0.25) is 0 Å². The molecule has 3 heteroatoms. The summed E-state index contributed by atoms with van der Waals surface area (Å²) in [5.41, 5.74) is 0. The molecule has 0 aromatic heterocycles. The highest BCUT2D eigenvalue weighted by molar-refractivity contribution is 4.78. The predicted molar refractivity (Wildman–Crippen MR) is 52.8 cm³/mol. The van der Waals surface area contributed by atoms with Crippen LogP contribution in [0.25, 0.3) is 0 Å². The van der Waals surface area contributed by atoms with E-state index in [1.807, 2.05) is 0 Å². The van der Waals surface area contributed by atoms with E-state index < -0.39 is 0 Å². The third kappa shape index (κ3) is 2.66. The van der Waals surface area contributed by atoms with Gasteiger partial charge in [0.2, 0.25) is 0 Å². The minimum absolute atomic E-state index is 0.663. The highest BCUT2D eigenvalue weighted by Crippen LogP contribution is 2.14. The Hall–Kier alpha value is -0.120. The van der Waals surface area contributed by atoms with E-state index in [9.17, 15) is 0 Å². The Labute approximate surface area is 80.4 Å². The Balaban J connectivity index is 1.73. The number of hydrogen-bond acceptors (Lipinski definition) is 3. The van der Waals surface area contributed by atoms with Crippen LogP contribution in [0.4, 0.5) is 0 Å². The Morgan fingerprint density at radius 1 is 1.54 bits per heavy atom. The van der Waals surface area contributed by atoms with Crippen LogP contribution in [0.15, 0.2) is 0 Å². The zero-order chi connectivity index (χ0) is 9.10.